The predicted molar refractivity (Wildman–Crippen MR) is 190 cm³/mol. The third kappa shape index (κ3) is 6.82. The maximum Gasteiger partial charge on any atom is 0.271 e. The molecule has 0 unspecified atom stereocenters. The molecule has 1 atom stereocenters. The van der Waals surface area contributed by atoms with Gasteiger partial charge in [0.2, 0.25) is 0 Å². The summed E-state index contributed by atoms with van der Waals surface area (Å²) in [4.78, 5) is 33.5. The first-order valence-corrected chi connectivity index (χ1v) is 16.6. The maximum atomic E-state index is 14.2. The molecule has 0 saturated carbocycles. The van der Waals surface area contributed by atoms with Crippen LogP contribution in [-0.2, 0) is 11.4 Å². The second-order valence-corrected chi connectivity index (χ2v) is 12.6. The lowest BCUT2D eigenvalue weighted by Gasteiger charge is -2.25. The Morgan fingerprint density at radius 1 is 0.938 bits per heavy atom. The van der Waals surface area contributed by atoms with E-state index in [1.165, 1.54) is 11.3 Å². The first-order valence-electron chi connectivity index (χ1n) is 15.7. The number of nitrogens with one attached hydrogen (secondary N) is 1. The van der Waals surface area contributed by atoms with Crippen LogP contribution in [0.4, 0.5) is 5.69 Å². The first kappa shape index (κ1) is 32.5. The van der Waals surface area contributed by atoms with Crippen LogP contribution in [0.1, 0.15) is 47.7 Å². The van der Waals surface area contributed by atoms with E-state index in [9.17, 15) is 9.59 Å². The number of carbonyl (C=O) groups excluding carboxylic acids is 1. The summed E-state index contributed by atoms with van der Waals surface area (Å²) in [6.45, 7) is 8.56. The van der Waals surface area contributed by atoms with Gasteiger partial charge in [0, 0.05) is 5.69 Å². The molecule has 8 nitrogen and oxygen atoms in total. The van der Waals surface area contributed by atoms with Gasteiger partial charge in [-0.05, 0) is 86.4 Å². The molecule has 2 heterocycles. The van der Waals surface area contributed by atoms with Crippen LogP contribution in [0.3, 0.4) is 0 Å². The van der Waals surface area contributed by atoms with Gasteiger partial charge in [-0.2, -0.15) is 0 Å². The van der Waals surface area contributed by atoms with Gasteiger partial charge in [0.1, 0.15) is 12.4 Å². The molecule has 5 aromatic rings. The summed E-state index contributed by atoms with van der Waals surface area (Å²) in [5, 5.41) is 3.07. The summed E-state index contributed by atoms with van der Waals surface area (Å²) in [5.74, 6) is 1.57. The Bertz CT molecular complexity index is 2180. The highest BCUT2D eigenvalue weighted by molar-refractivity contribution is 7.07. The molecule has 1 aliphatic heterocycles. The van der Waals surface area contributed by atoms with Crippen molar-refractivity contribution in [1.29, 1.82) is 0 Å². The Hall–Kier alpha value is -5.41. The zero-order valence-corrected chi connectivity index (χ0v) is 28.4. The third-order valence-corrected chi connectivity index (χ3v) is 9.11. The Kier molecular flexibility index (Phi) is 9.59. The van der Waals surface area contributed by atoms with Gasteiger partial charge in [-0.3, -0.25) is 14.2 Å². The highest BCUT2D eigenvalue weighted by atomic mass is 32.1. The summed E-state index contributed by atoms with van der Waals surface area (Å²) in [5.41, 5.74) is 6.05. The molecule has 9 heteroatoms. The van der Waals surface area contributed by atoms with E-state index in [0.29, 0.717) is 56.8 Å². The van der Waals surface area contributed by atoms with Crippen molar-refractivity contribution in [3.63, 3.8) is 0 Å². The van der Waals surface area contributed by atoms with Crippen molar-refractivity contribution in [3.8, 4) is 17.2 Å². The van der Waals surface area contributed by atoms with E-state index in [4.69, 9.17) is 19.2 Å². The van der Waals surface area contributed by atoms with Crippen LogP contribution < -0.4 is 34.4 Å². The molecule has 0 radical (unpaired) electrons. The van der Waals surface area contributed by atoms with Gasteiger partial charge < -0.3 is 19.5 Å². The molecule has 0 aliphatic carbocycles. The third-order valence-electron chi connectivity index (χ3n) is 8.13. The van der Waals surface area contributed by atoms with Crippen molar-refractivity contribution >= 4 is 29.0 Å². The fourth-order valence-corrected chi connectivity index (χ4v) is 6.79. The molecule has 0 saturated heterocycles. The second-order valence-electron chi connectivity index (χ2n) is 11.5. The number of fused-ring (bicyclic) bond motifs is 1. The van der Waals surface area contributed by atoms with Crippen LogP contribution in [-0.4, -0.2) is 24.2 Å². The quantitative estimate of drug-likeness (QED) is 0.186. The molecular formula is C39H37N3O5S. The van der Waals surface area contributed by atoms with Crippen molar-refractivity contribution in [1.82, 2.24) is 4.57 Å². The zero-order valence-electron chi connectivity index (χ0n) is 27.6. The number of benzene rings is 4. The fraction of sp³-hybridized carbons (Fsp3) is 0.205. The van der Waals surface area contributed by atoms with E-state index in [-0.39, 0.29) is 11.5 Å². The van der Waals surface area contributed by atoms with Gasteiger partial charge in [0.05, 0.1) is 35.6 Å². The Balaban J connectivity index is 1.40. The van der Waals surface area contributed by atoms with Crippen LogP contribution in [0.5, 0.6) is 17.2 Å². The van der Waals surface area contributed by atoms with Crippen molar-refractivity contribution in [2.75, 3.05) is 19.0 Å². The largest absolute Gasteiger partial charge is 0.497 e. The average molecular weight is 660 g/mol. The summed E-state index contributed by atoms with van der Waals surface area (Å²) in [6.07, 6.45) is 1.83. The van der Waals surface area contributed by atoms with Gasteiger partial charge in [-0.15, -0.1) is 0 Å². The maximum absolute atomic E-state index is 14.2. The van der Waals surface area contributed by atoms with Crippen LogP contribution >= 0.6 is 11.3 Å². The topological polar surface area (TPSA) is 91.2 Å². The molecule has 48 heavy (non-hydrogen) atoms. The predicted octanol–water partition coefficient (Wildman–Crippen LogP) is 6.48. The molecule has 0 spiro atoms. The van der Waals surface area contributed by atoms with Gasteiger partial charge in [0.15, 0.2) is 16.3 Å². The highest BCUT2D eigenvalue weighted by Gasteiger charge is 2.32. The normalized spacial score (nSPS) is 14.3. The van der Waals surface area contributed by atoms with E-state index in [2.05, 4.69) is 5.32 Å². The van der Waals surface area contributed by atoms with Crippen molar-refractivity contribution in [2.45, 2.75) is 40.3 Å². The first-order chi connectivity index (χ1) is 23.2. The summed E-state index contributed by atoms with van der Waals surface area (Å²) >= 11 is 1.28. The van der Waals surface area contributed by atoms with Crippen molar-refractivity contribution < 1.29 is 19.0 Å². The number of carbonyl (C=O) groups is 1. The Morgan fingerprint density at radius 3 is 2.42 bits per heavy atom. The second kappa shape index (κ2) is 14.1. The summed E-state index contributed by atoms with van der Waals surface area (Å²) < 4.78 is 19.5. The lowest BCUT2D eigenvalue weighted by atomic mass is 9.95. The molecular weight excluding hydrogens is 623 g/mol. The SMILES string of the molecule is CCOc1cc(/C=c2/sc3n(c2=O)[C@@H](c2ccc(OC)cc2)C(C(=O)Nc2ccc(C)cc2C)=C(C)N=3)ccc1OCc1ccccc1. The number of hydrogen-bond donors (Lipinski definition) is 1. The van der Waals surface area contributed by atoms with Crippen molar-refractivity contribution in [3.05, 3.63) is 150 Å². The molecule has 1 amide bonds. The fourth-order valence-electron chi connectivity index (χ4n) is 5.75. The van der Waals surface area contributed by atoms with Gasteiger partial charge in [-0.25, -0.2) is 4.99 Å². The molecule has 1 aliphatic rings. The van der Waals surface area contributed by atoms with E-state index < -0.39 is 6.04 Å². The molecule has 0 fully saturated rings. The minimum Gasteiger partial charge on any atom is -0.497 e. The van der Waals surface area contributed by atoms with E-state index >= 15 is 0 Å². The number of nitrogens with zero attached hydrogens (tertiary/aromatic N) is 2. The summed E-state index contributed by atoms with van der Waals surface area (Å²) in [7, 11) is 1.60. The number of anilines is 1. The van der Waals surface area contributed by atoms with Crippen LogP contribution in [0, 0.1) is 13.8 Å². The highest BCUT2D eigenvalue weighted by Crippen LogP contribution is 2.33. The van der Waals surface area contributed by atoms with Gasteiger partial charge in [0.25, 0.3) is 11.5 Å². The zero-order chi connectivity index (χ0) is 33.8. The minimum absolute atomic E-state index is 0.244. The lowest BCUT2D eigenvalue weighted by Crippen LogP contribution is -2.40. The Morgan fingerprint density at radius 2 is 1.71 bits per heavy atom. The number of hydrogen-bond acceptors (Lipinski definition) is 7. The van der Waals surface area contributed by atoms with Gasteiger partial charge in [-0.1, -0.05) is 77.6 Å². The van der Waals surface area contributed by atoms with Gasteiger partial charge >= 0.3 is 0 Å². The monoisotopic (exact) mass is 659 g/mol. The lowest BCUT2D eigenvalue weighted by molar-refractivity contribution is -0.113. The smallest absolute Gasteiger partial charge is 0.271 e. The number of methoxy groups -OCH3 is 1. The van der Waals surface area contributed by atoms with Crippen molar-refractivity contribution in [2.24, 2.45) is 4.99 Å². The van der Waals surface area contributed by atoms with Crippen LogP contribution in [0.15, 0.2) is 112 Å². The van der Waals surface area contributed by atoms with Crippen LogP contribution in [0.2, 0.25) is 0 Å². The number of rotatable bonds is 10. The number of allylic oxidation sites excluding steroid dienone is 1. The van der Waals surface area contributed by atoms with E-state index in [0.717, 1.165) is 27.8 Å². The Labute approximate surface area is 283 Å². The number of aromatic nitrogens is 1. The number of amides is 1. The van der Waals surface area contributed by atoms with E-state index in [1.807, 2.05) is 125 Å². The number of ether oxygens (including phenoxy) is 3. The molecule has 0 bridgehead atoms. The van der Waals surface area contributed by atoms with Crippen LogP contribution in [0.25, 0.3) is 6.08 Å². The molecule has 4 aromatic carbocycles. The van der Waals surface area contributed by atoms with E-state index in [1.54, 1.807) is 11.7 Å². The standard InChI is InChI=1S/C39H37N3O5S/c1-6-46-33-21-28(13-19-32(33)47-23-27-10-8-7-9-11-27)22-34-38(44)42-36(29-14-16-30(45-5)17-15-29)35(26(4)40-39(42)48-34)37(43)41-31-18-12-24(2)20-25(31)3/h7-22,36H,6,23H2,1-5H3,(H,41,43)/b34-22+/t36-/m0/s1. The average Bonchev–Trinajstić information content (AvgIpc) is 3.39. The number of aryl methyl sites for hydroxylation is 2. The summed E-state index contributed by atoms with van der Waals surface area (Å²) in [6, 6.07) is 28.2. The molecule has 244 valence electrons. The minimum atomic E-state index is -0.701. The molecule has 1 N–H and O–H groups in total. The molecule has 6 rings (SSSR count). The molecule has 1 aromatic heterocycles. The number of thiazole rings is 1.